The van der Waals surface area contributed by atoms with Crippen molar-refractivity contribution in [3.05, 3.63) is 28.2 Å². The minimum atomic E-state index is -0.235. The molecule has 1 aromatic rings. The minimum Gasteiger partial charge on any atom is -0.334 e. The van der Waals surface area contributed by atoms with Crippen molar-refractivity contribution in [1.82, 2.24) is 10.2 Å². The van der Waals surface area contributed by atoms with Crippen LogP contribution in [0.15, 0.2) is 18.2 Å². The SMILES string of the molecule is CC(C)C[C@H](CN(C)C)NC(=O)Nc1ccc(Cl)c(Cl)c1. The van der Waals surface area contributed by atoms with Gasteiger partial charge < -0.3 is 15.5 Å². The fraction of sp³-hybridized carbons (Fsp3) is 0.533. The van der Waals surface area contributed by atoms with Gasteiger partial charge in [-0.15, -0.1) is 0 Å². The highest BCUT2D eigenvalue weighted by Gasteiger charge is 2.15. The smallest absolute Gasteiger partial charge is 0.319 e. The van der Waals surface area contributed by atoms with Crippen LogP contribution in [0.2, 0.25) is 10.0 Å². The molecule has 0 spiro atoms. The predicted molar refractivity (Wildman–Crippen MR) is 90.4 cm³/mol. The first-order valence-corrected chi connectivity index (χ1v) is 7.70. The molecule has 118 valence electrons. The van der Waals surface area contributed by atoms with E-state index in [1.807, 2.05) is 14.1 Å². The van der Waals surface area contributed by atoms with Crippen LogP contribution < -0.4 is 10.6 Å². The van der Waals surface area contributed by atoms with Crippen molar-refractivity contribution in [1.29, 1.82) is 0 Å². The maximum atomic E-state index is 12.1. The third-order valence-corrected chi connectivity index (χ3v) is 3.59. The number of halogens is 2. The number of hydrogen-bond acceptors (Lipinski definition) is 2. The molecule has 0 unspecified atom stereocenters. The maximum absolute atomic E-state index is 12.1. The largest absolute Gasteiger partial charge is 0.334 e. The molecule has 1 atom stereocenters. The molecule has 1 rings (SSSR count). The number of nitrogens with one attached hydrogen (secondary N) is 2. The van der Waals surface area contributed by atoms with Crippen molar-refractivity contribution in [3.63, 3.8) is 0 Å². The first-order chi connectivity index (χ1) is 9.77. The molecule has 2 amide bonds. The molecule has 2 N–H and O–H groups in total. The predicted octanol–water partition coefficient (Wildman–Crippen LogP) is 4.09. The zero-order valence-corrected chi connectivity index (χ0v) is 14.4. The molecule has 21 heavy (non-hydrogen) atoms. The van der Waals surface area contributed by atoms with Gasteiger partial charge in [-0.1, -0.05) is 37.0 Å². The number of hydrogen-bond donors (Lipinski definition) is 2. The zero-order valence-electron chi connectivity index (χ0n) is 12.9. The molecule has 0 saturated carbocycles. The summed E-state index contributed by atoms with van der Waals surface area (Å²) in [6, 6.07) is 4.87. The summed E-state index contributed by atoms with van der Waals surface area (Å²) in [4.78, 5) is 14.1. The number of urea groups is 1. The summed E-state index contributed by atoms with van der Waals surface area (Å²) in [6.45, 7) is 5.08. The van der Waals surface area contributed by atoms with Crippen LogP contribution in [-0.4, -0.2) is 37.6 Å². The van der Waals surface area contributed by atoms with Gasteiger partial charge in [0, 0.05) is 18.3 Å². The van der Waals surface area contributed by atoms with Crippen LogP contribution in [0.4, 0.5) is 10.5 Å². The van der Waals surface area contributed by atoms with E-state index >= 15 is 0 Å². The van der Waals surface area contributed by atoms with Crippen LogP contribution in [0.3, 0.4) is 0 Å². The Kier molecular flexibility index (Phi) is 7.29. The van der Waals surface area contributed by atoms with Crippen molar-refractivity contribution in [2.45, 2.75) is 26.3 Å². The van der Waals surface area contributed by atoms with Crippen LogP contribution in [0.25, 0.3) is 0 Å². The van der Waals surface area contributed by atoms with E-state index in [4.69, 9.17) is 23.2 Å². The van der Waals surface area contributed by atoms with Gasteiger partial charge in [0.25, 0.3) is 0 Å². The monoisotopic (exact) mass is 331 g/mol. The van der Waals surface area contributed by atoms with Gasteiger partial charge in [0.1, 0.15) is 0 Å². The zero-order chi connectivity index (χ0) is 16.0. The van der Waals surface area contributed by atoms with Crippen molar-refractivity contribution >= 4 is 34.9 Å². The van der Waals surface area contributed by atoms with Crippen molar-refractivity contribution in [2.24, 2.45) is 5.92 Å². The molecule has 0 aliphatic heterocycles. The highest BCUT2D eigenvalue weighted by molar-refractivity contribution is 6.42. The van der Waals surface area contributed by atoms with Crippen molar-refractivity contribution < 1.29 is 4.79 Å². The van der Waals surface area contributed by atoms with Gasteiger partial charge >= 0.3 is 6.03 Å². The molecule has 6 heteroatoms. The van der Waals surface area contributed by atoms with Crippen LogP contribution in [-0.2, 0) is 0 Å². The topological polar surface area (TPSA) is 44.4 Å². The van der Waals surface area contributed by atoms with E-state index in [-0.39, 0.29) is 12.1 Å². The Bertz CT molecular complexity index is 468. The Balaban J connectivity index is 2.61. The third kappa shape index (κ3) is 7.02. The molecule has 0 fully saturated rings. The average Bonchev–Trinajstić information content (AvgIpc) is 2.31. The molecule has 4 nitrogen and oxygen atoms in total. The van der Waals surface area contributed by atoms with Crippen LogP contribution in [0, 0.1) is 5.92 Å². The highest BCUT2D eigenvalue weighted by Crippen LogP contribution is 2.24. The van der Waals surface area contributed by atoms with Crippen LogP contribution in [0.1, 0.15) is 20.3 Å². The molecular formula is C15H23Cl2N3O. The summed E-state index contributed by atoms with van der Waals surface area (Å²) in [5.74, 6) is 0.514. The van der Waals surface area contributed by atoms with Gasteiger partial charge in [0.05, 0.1) is 10.0 Å². The Morgan fingerprint density at radius 1 is 1.24 bits per heavy atom. The summed E-state index contributed by atoms with van der Waals surface area (Å²) < 4.78 is 0. The second-order valence-corrected chi connectivity index (χ2v) is 6.63. The number of amides is 2. The number of benzene rings is 1. The lowest BCUT2D eigenvalue weighted by Crippen LogP contribution is -2.44. The lowest BCUT2D eigenvalue weighted by Gasteiger charge is -2.24. The average molecular weight is 332 g/mol. The van der Waals surface area contributed by atoms with E-state index in [1.54, 1.807) is 18.2 Å². The maximum Gasteiger partial charge on any atom is 0.319 e. The van der Waals surface area contributed by atoms with E-state index in [9.17, 15) is 4.79 Å². The number of carbonyl (C=O) groups is 1. The molecule has 0 bridgehead atoms. The molecule has 1 aromatic carbocycles. The number of nitrogens with zero attached hydrogens (tertiary/aromatic N) is 1. The van der Waals surface area contributed by atoms with Gasteiger partial charge in [-0.3, -0.25) is 0 Å². The highest BCUT2D eigenvalue weighted by atomic mass is 35.5. The molecular weight excluding hydrogens is 309 g/mol. The summed E-state index contributed by atoms with van der Waals surface area (Å²) in [7, 11) is 3.98. The van der Waals surface area contributed by atoms with Gasteiger partial charge in [-0.2, -0.15) is 0 Å². The van der Waals surface area contributed by atoms with E-state index in [2.05, 4.69) is 29.4 Å². The fourth-order valence-electron chi connectivity index (χ4n) is 2.12. The Hall–Kier alpha value is -0.970. The van der Waals surface area contributed by atoms with Gasteiger partial charge in [-0.05, 0) is 44.6 Å². The van der Waals surface area contributed by atoms with Crippen molar-refractivity contribution in [3.8, 4) is 0 Å². The molecule has 0 aliphatic carbocycles. The molecule has 0 aliphatic rings. The molecule has 0 heterocycles. The minimum absolute atomic E-state index is 0.0998. The van der Waals surface area contributed by atoms with Gasteiger partial charge in [0.2, 0.25) is 0 Å². The molecule has 0 saturated heterocycles. The Morgan fingerprint density at radius 2 is 1.90 bits per heavy atom. The number of carbonyl (C=O) groups excluding carboxylic acids is 1. The summed E-state index contributed by atoms with van der Waals surface area (Å²) in [5, 5.41) is 6.65. The van der Waals surface area contributed by atoms with E-state index in [1.165, 1.54) is 0 Å². The first-order valence-electron chi connectivity index (χ1n) is 6.95. The summed E-state index contributed by atoms with van der Waals surface area (Å²) in [5.41, 5.74) is 0.620. The van der Waals surface area contributed by atoms with E-state index in [0.717, 1.165) is 13.0 Å². The normalized spacial score (nSPS) is 12.6. The van der Waals surface area contributed by atoms with Crippen LogP contribution in [0.5, 0.6) is 0 Å². The first kappa shape index (κ1) is 18.1. The lowest BCUT2D eigenvalue weighted by molar-refractivity contribution is 0.240. The van der Waals surface area contributed by atoms with E-state index < -0.39 is 0 Å². The third-order valence-electron chi connectivity index (χ3n) is 2.85. The molecule has 0 radical (unpaired) electrons. The summed E-state index contributed by atoms with van der Waals surface area (Å²) in [6.07, 6.45) is 0.924. The van der Waals surface area contributed by atoms with Gasteiger partial charge in [0.15, 0.2) is 0 Å². The second kappa shape index (κ2) is 8.47. The molecule has 0 aromatic heterocycles. The van der Waals surface area contributed by atoms with Crippen molar-refractivity contribution in [2.75, 3.05) is 26.0 Å². The Morgan fingerprint density at radius 3 is 2.43 bits per heavy atom. The Labute approximate surface area is 136 Å². The summed E-state index contributed by atoms with van der Waals surface area (Å²) >= 11 is 11.8. The quantitative estimate of drug-likeness (QED) is 0.824. The number of anilines is 1. The fourth-order valence-corrected chi connectivity index (χ4v) is 2.41. The van der Waals surface area contributed by atoms with E-state index in [0.29, 0.717) is 21.7 Å². The standard InChI is InChI=1S/C15H23Cl2N3O/c1-10(2)7-12(9-20(3)4)19-15(21)18-11-5-6-13(16)14(17)8-11/h5-6,8,10,12H,7,9H2,1-4H3,(H2,18,19,21)/t12-/m1/s1. The lowest BCUT2D eigenvalue weighted by atomic mass is 10.0. The van der Waals surface area contributed by atoms with Crippen LogP contribution >= 0.6 is 23.2 Å². The number of likely N-dealkylation sites (N-methyl/N-ethyl adjacent to an activating group) is 1. The van der Waals surface area contributed by atoms with Gasteiger partial charge in [-0.25, -0.2) is 4.79 Å². The number of rotatable bonds is 6. The second-order valence-electron chi connectivity index (χ2n) is 5.82.